The molecule has 1 N–H and O–H groups in total. The summed E-state index contributed by atoms with van der Waals surface area (Å²) in [5.41, 5.74) is 0.907. The minimum absolute atomic E-state index is 0.275. The minimum atomic E-state index is -1.31. The molecule has 2 aromatic carbocycles. The van der Waals surface area contributed by atoms with Crippen molar-refractivity contribution in [2.24, 2.45) is 10.9 Å². The van der Waals surface area contributed by atoms with Gasteiger partial charge in [0.15, 0.2) is 5.92 Å². The molecule has 3 rings (SSSR count). The van der Waals surface area contributed by atoms with Gasteiger partial charge in [0.05, 0.1) is 31.2 Å². The molecule has 1 aliphatic heterocycles. The van der Waals surface area contributed by atoms with E-state index in [0.29, 0.717) is 11.4 Å². The Bertz CT molecular complexity index is 1000. The summed E-state index contributed by atoms with van der Waals surface area (Å²) in [6.07, 6.45) is 1.14. The number of rotatable bonds is 5. The van der Waals surface area contributed by atoms with Crippen LogP contribution in [0.3, 0.4) is 0 Å². The van der Waals surface area contributed by atoms with E-state index in [-0.39, 0.29) is 11.3 Å². The average molecular weight is 395 g/mol. The number of imide groups is 2. The molecule has 4 amide bonds. The normalized spacial score (nSPS) is 16.7. The van der Waals surface area contributed by atoms with Gasteiger partial charge in [0.2, 0.25) is 5.91 Å². The summed E-state index contributed by atoms with van der Waals surface area (Å²) in [6.45, 7) is 0. The lowest BCUT2D eigenvalue weighted by atomic mass is 10.1. The van der Waals surface area contributed by atoms with Crippen molar-refractivity contribution >= 4 is 41.4 Å². The Kier molecular flexibility index (Phi) is 5.68. The summed E-state index contributed by atoms with van der Waals surface area (Å²) in [6, 6.07) is 11.6. The number of carbonyl (C=O) groups is 4. The highest BCUT2D eigenvalue weighted by Crippen LogP contribution is 2.23. The highest BCUT2D eigenvalue weighted by molar-refractivity contribution is 6.32. The molecule has 1 aliphatic rings. The van der Waals surface area contributed by atoms with Crippen LogP contribution in [0.25, 0.3) is 0 Å². The number of carbonyl (C=O) groups excluding carboxylic acids is 4. The van der Waals surface area contributed by atoms with E-state index in [1.54, 1.807) is 30.3 Å². The van der Waals surface area contributed by atoms with E-state index in [0.717, 1.165) is 11.1 Å². The molecule has 1 saturated heterocycles. The largest absolute Gasteiger partial charge is 0.497 e. The highest BCUT2D eigenvalue weighted by atomic mass is 16.5. The first kappa shape index (κ1) is 19.7. The van der Waals surface area contributed by atoms with Gasteiger partial charge < -0.3 is 9.47 Å². The van der Waals surface area contributed by atoms with E-state index in [9.17, 15) is 19.2 Å². The summed E-state index contributed by atoms with van der Waals surface area (Å²) in [7, 11) is 2.75. The standard InChI is InChI=1S/C20H17N3O6/c1-28-15-8-6-14(7-9-15)23-18(25)16(17(24)22-20(23)27)11-21-13-5-3-4-12(10-13)19(26)29-2/h3-11,16H,1-2H3,(H,22,24,27)/t16-/m0/s1. The summed E-state index contributed by atoms with van der Waals surface area (Å²) < 4.78 is 9.71. The quantitative estimate of drug-likeness (QED) is 0.471. The van der Waals surface area contributed by atoms with E-state index in [2.05, 4.69) is 15.0 Å². The van der Waals surface area contributed by atoms with Gasteiger partial charge in [-0.05, 0) is 42.5 Å². The van der Waals surface area contributed by atoms with Crippen molar-refractivity contribution in [1.82, 2.24) is 5.32 Å². The molecule has 0 bridgehead atoms. The van der Waals surface area contributed by atoms with Crippen LogP contribution in [0.4, 0.5) is 16.2 Å². The Morgan fingerprint density at radius 1 is 1.10 bits per heavy atom. The third-order valence-corrected chi connectivity index (χ3v) is 4.17. The van der Waals surface area contributed by atoms with Gasteiger partial charge in [0.1, 0.15) is 5.75 Å². The predicted molar refractivity (Wildman–Crippen MR) is 103 cm³/mol. The average Bonchev–Trinajstić information content (AvgIpc) is 2.73. The van der Waals surface area contributed by atoms with Crippen LogP contribution in [0, 0.1) is 5.92 Å². The molecule has 9 heteroatoms. The monoisotopic (exact) mass is 395 g/mol. The van der Waals surface area contributed by atoms with Crippen LogP contribution in [-0.4, -0.2) is 44.2 Å². The number of benzene rings is 2. The maximum absolute atomic E-state index is 12.8. The number of nitrogens with one attached hydrogen (secondary N) is 1. The number of nitrogens with zero attached hydrogens (tertiary/aromatic N) is 2. The number of methoxy groups -OCH3 is 2. The number of ether oxygens (including phenoxy) is 2. The Balaban J connectivity index is 1.85. The minimum Gasteiger partial charge on any atom is -0.497 e. The fourth-order valence-corrected chi connectivity index (χ4v) is 2.69. The summed E-state index contributed by atoms with van der Waals surface area (Å²) in [5.74, 6) is -2.81. The number of anilines is 1. The van der Waals surface area contributed by atoms with E-state index >= 15 is 0 Å². The first-order valence-electron chi connectivity index (χ1n) is 8.50. The van der Waals surface area contributed by atoms with E-state index in [1.807, 2.05) is 0 Å². The summed E-state index contributed by atoms with van der Waals surface area (Å²) in [4.78, 5) is 53.7. The van der Waals surface area contributed by atoms with Gasteiger partial charge in [0, 0.05) is 6.21 Å². The van der Waals surface area contributed by atoms with Crippen molar-refractivity contribution in [2.75, 3.05) is 19.1 Å². The second kappa shape index (κ2) is 8.34. The predicted octanol–water partition coefficient (Wildman–Crippen LogP) is 2.08. The zero-order chi connectivity index (χ0) is 21.0. The topological polar surface area (TPSA) is 114 Å². The number of amides is 4. The lowest BCUT2D eigenvalue weighted by Gasteiger charge is -2.28. The third kappa shape index (κ3) is 4.13. The van der Waals surface area contributed by atoms with Crippen LogP contribution in [0.1, 0.15) is 10.4 Å². The maximum atomic E-state index is 12.8. The van der Waals surface area contributed by atoms with Crippen molar-refractivity contribution in [3.63, 3.8) is 0 Å². The second-order valence-corrected chi connectivity index (χ2v) is 5.96. The molecule has 2 aromatic rings. The fraction of sp³-hybridized carbons (Fsp3) is 0.150. The van der Waals surface area contributed by atoms with Crippen molar-refractivity contribution < 1.29 is 28.7 Å². The number of aliphatic imine (C=N–C) groups is 1. The lowest BCUT2D eigenvalue weighted by Crippen LogP contribution is -2.58. The van der Waals surface area contributed by atoms with Gasteiger partial charge in [-0.3, -0.25) is 19.9 Å². The number of urea groups is 1. The van der Waals surface area contributed by atoms with Crippen molar-refractivity contribution in [2.45, 2.75) is 0 Å². The van der Waals surface area contributed by atoms with Crippen molar-refractivity contribution in [3.8, 4) is 5.75 Å². The molecule has 1 atom stereocenters. The van der Waals surface area contributed by atoms with E-state index in [4.69, 9.17) is 4.74 Å². The van der Waals surface area contributed by atoms with Gasteiger partial charge in [-0.2, -0.15) is 0 Å². The molecular weight excluding hydrogens is 378 g/mol. The zero-order valence-corrected chi connectivity index (χ0v) is 15.6. The molecule has 9 nitrogen and oxygen atoms in total. The van der Waals surface area contributed by atoms with Gasteiger partial charge in [-0.25, -0.2) is 14.5 Å². The zero-order valence-electron chi connectivity index (χ0n) is 15.6. The number of hydrogen-bond donors (Lipinski definition) is 1. The summed E-state index contributed by atoms with van der Waals surface area (Å²) in [5, 5.41) is 2.14. The van der Waals surface area contributed by atoms with E-state index < -0.39 is 29.7 Å². The van der Waals surface area contributed by atoms with Crippen LogP contribution >= 0.6 is 0 Å². The second-order valence-electron chi connectivity index (χ2n) is 5.96. The van der Waals surface area contributed by atoms with Crippen molar-refractivity contribution in [1.29, 1.82) is 0 Å². The fourth-order valence-electron chi connectivity index (χ4n) is 2.69. The van der Waals surface area contributed by atoms with Gasteiger partial charge in [0.25, 0.3) is 5.91 Å². The Hall–Kier alpha value is -4.01. The first-order valence-corrected chi connectivity index (χ1v) is 8.50. The first-order chi connectivity index (χ1) is 13.9. The van der Waals surface area contributed by atoms with Gasteiger partial charge in [-0.1, -0.05) is 6.07 Å². The number of hydrogen-bond acceptors (Lipinski definition) is 7. The molecule has 29 heavy (non-hydrogen) atoms. The Morgan fingerprint density at radius 2 is 1.83 bits per heavy atom. The smallest absolute Gasteiger partial charge is 0.337 e. The molecule has 148 valence electrons. The molecule has 0 aromatic heterocycles. The SMILES string of the molecule is COC(=O)c1cccc(N=C[C@H]2C(=O)NC(=O)N(c3ccc(OC)cc3)C2=O)c1. The maximum Gasteiger partial charge on any atom is 0.337 e. The van der Waals surface area contributed by atoms with Crippen LogP contribution in [0.5, 0.6) is 5.75 Å². The Labute approximate surface area is 165 Å². The van der Waals surface area contributed by atoms with Crippen LogP contribution in [0.15, 0.2) is 53.5 Å². The van der Waals surface area contributed by atoms with Gasteiger partial charge >= 0.3 is 12.0 Å². The number of barbiturate groups is 1. The Morgan fingerprint density at radius 3 is 2.48 bits per heavy atom. The molecule has 0 saturated carbocycles. The molecular formula is C20H17N3O6. The highest BCUT2D eigenvalue weighted by Gasteiger charge is 2.40. The molecule has 0 radical (unpaired) electrons. The van der Waals surface area contributed by atoms with E-state index in [1.165, 1.54) is 32.4 Å². The molecule has 0 unspecified atom stereocenters. The van der Waals surface area contributed by atoms with Crippen LogP contribution in [-0.2, 0) is 14.3 Å². The molecule has 1 heterocycles. The molecule has 0 spiro atoms. The van der Waals surface area contributed by atoms with Crippen LogP contribution in [0.2, 0.25) is 0 Å². The summed E-state index contributed by atoms with van der Waals surface area (Å²) >= 11 is 0. The number of esters is 1. The lowest BCUT2D eigenvalue weighted by molar-refractivity contribution is -0.131. The molecule has 1 fully saturated rings. The van der Waals surface area contributed by atoms with Gasteiger partial charge in [-0.15, -0.1) is 0 Å². The third-order valence-electron chi connectivity index (χ3n) is 4.17. The van der Waals surface area contributed by atoms with Crippen molar-refractivity contribution in [3.05, 3.63) is 54.1 Å². The molecule has 0 aliphatic carbocycles. The van der Waals surface area contributed by atoms with Crippen LogP contribution < -0.4 is 15.0 Å².